The first-order valence-corrected chi connectivity index (χ1v) is 13.9. The number of likely N-dealkylation sites (tertiary alicyclic amines) is 1. The summed E-state index contributed by atoms with van der Waals surface area (Å²) in [6.07, 6.45) is 7.83. The average molecular weight is 584 g/mol. The number of ether oxygens (including phenoxy) is 1. The fraction of sp³-hybridized carbons (Fsp3) is 0.769. The fourth-order valence-electron chi connectivity index (χ4n) is 6.21. The molecule has 3 amide bonds. The monoisotopic (exact) mass is 583 g/mol. The van der Waals surface area contributed by atoms with E-state index in [4.69, 9.17) is 16.2 Å². The number of hydrogen-bond acceptors (Lipinski definition) is 9. The molecule has 0 aromatic carbocycles. The highest BCUT2D eigenvalue weighted by atomic mass is 35.5. The Balaban J connectivity index is 0.00000441. The number of nitrogens with one attached hydrogen (secondary N) is 1. The molecule has 6 N–H and O–H groups in total. The number of hydrogen-bond donors (Lipinski definition) is 4. The van der Waals surface area contributed by atoms with Gasteiger partial charge in [-0.15, -0.1) is 17.5 Å². The maximum atomic E-state index is 13.8. The summed E-state index contributed by atoms with van der Waals surface area (Å²) in [5, 5.41) is 21.5. The molecule has 224 valence electrons. The van der Waals surface area contributed by atoms with E-state index in [1.165, 1.54) is 17.5 Å². The molecular formula is C26H42ClN7O6. The van der Waals surface area contributed by atoms with Crippen LogP contribution in [0.1, 0.15) is 83.4 Å². The van der Waals surface area contributed by atoms with Gasteiger partial charge in [0.2, 0.25) is 17.6 Å². The second kappa shape index (κ2) is 12.9. The largest absolute Gasteiger partial charge is 0.384 e. The standard InChI is InChI=1S/C26H41N7O6.ClH/c1-25(2,38)20-14-29-31-33(20)17-13-19(23(36)30-26(21(34)22(28)35)8-10-39-11-9-26)32(15-17)24(37)18(27)12-16-6-4-3-5-7-16;/h14,16-19,38H,3-13,15,27H2,1-2H3,(H2,28,35)(H,30,36);1H/t17-,18+,19-;/m0./s1. The lowest BCUT2D eigenvalue weighted by Crippen LogP contribution is -2.63. The molecular weight excluding hydrogens is 542 g/mol. The van der Waals surface area contributed by atoms with Crippen molar-refractivity contribution >= 4 is 35.9 Å². The number of nitrogens with zero attached hydrogens (tertiary/aromatic N) is 4. The van der Waals surface area contributed by atoms with Crippen LogP contribution in [-0.4, -0.2) is 85.9 Å². The van der Waals surface area contributed by atoms with Crippen molar-refractivity contribution in [3.05, 3.63) is 11.9 Å². The molecule has 1 saturated carbocycles. The summed E-state index contributed by atoms with van der Waals surface area (Å²) in [6, 6.07) is -2.22. The Morgan fingerprint density at radius 2 is 1.85 bits per heavy atom. The van der Waals surface area contributed by atoms with Crippen molar-refractivity contribution in [3.63, 3.8) is 0 Å². The normalized spacial score (nSPS) is 24.1. The van der Waals surface area contributed by atoms with Gasteiger partial charge in [0.25, 0.3) is 5.91 Å². The van der Waals surface area contributed by atoms with Crippen LogP contribution in [0.2, 0.25) is 0 Å². The quantitative estimate of drug-likeness (QED) is 0.291. The van der Waals surface area contributed by atoms with Crippen LogP contribution in [0.5, 0.6) is 0 Å². The maximum absolute atomic E-state index is 13.8. The summed E-state index contributed by atoms with van der Waals surface area (Å²) in [7, 11) is 0. The van der Waals surface area contributed by atoms with Crippen molar-refractivity contribution in [3.8, 4) is 0 Å². The van der Waals surface area contributed by atoms with E-state index in [9.17, 15) is 24.3 Å². The molecule has 0 unspecified atom stereocenters. The topological polar surface area (TPSA) is 196 Å². The zero-order valence-corrected chi connectivity index (χ0v) is 24.0. The van der Waals surface area contributed by atoms with E-state index < -0.39 is 46.9 Å². The number of Topliss-reactive ketones (excluding diaryl/α,β-unsaturated/α-hetero) is 1. The first-order chi connectivity index (χ1) is 18.4. The van der Waals surface area contributed by atoms with Crippen LogP contribution in [0.4, 0.5) is 0 Å². The van der Waals surface area contributed by atoms with Gasteiger partial charge in [-0.2, -0.15) is 0 Å². The highest BCUT2D eigenvalue weighted by Crippen LogP contribution is 2.34. The van der Waals surface area contributed by atoms with E-state index >= 15 is 0 Å². The Morgan fingerprint density at radius 3 is 2.45 bits per heavy atom. The summed E-state index contributed by atoms with van der Waals surface area (Å²) in [4.78, 5) is 53.6. The molecule has 14 heteroatoms. The smallest absolute Gasteiger partial charge is 0.287 e. The molecule has 3 heterocycles. The molecule has 13 nitrogen and oxygen atoms in total. The molecule has 3 aliphatic rings. The lowest BCUT2D eigenvalue weighted by Gasteiger charge is -2.37. The van der Waals surface area contributed by atoms with Crippen LogP contribution in [0, 0.1) is 5.92 Å². The van der Waals surface area contributed by atoms with Crippen LogP contribution in [0.15, 0.2) is 6.20 Å². The summed E-state index contributed by atoms with van der Waals surface area (Å²) < 4.78 is 6.90. The third-order valence-electron chi connectivity index (χ3n) is 8.41. The van der Waals surface area contributed by atoms with Crippen LogP contribution in [0.25, 0.3) is 0 Å². The minimum absolute atomic E-state index is 0. The zero-order chi connectivity index (χ0) is 28.4. The Bertz CT molecular complexity index is 1080. The number of primary amides is 1. The minimum Gasteiger partial charge on any atom is -0.384 e. The van der Waals surface area contributed by atoms with Gasteiger partial charge >= 0.3 is 0 Å². The number of carbonyl (C=O) groups is 4. The number of amides is 3. The van der Waals surface area contributed by atoms with Crippen LogP contribution >= 0.6 is 12.4 Å². The molecule has 1 aromatic rings. The van der Waals surface area contributed by atoms with E-state index in [-0.39, 0.29) is 57.3 Å². The SMILES string of the molecule is CC(C)(O)c1cnnn1[C@H]1C[C@@H](C(=O)NC2(C(=O)C(N)=O)CCOCC2)N(C(=O)[C@H](N)CC2CCCCC2)C1.Cl. The van der Waals surface area contributed by atoms with Crippen LogP contribution < -0.4 is 16.8 Å². The van der Waals surface area contributed by atoms with Crippen LogP contribution in [0.3, 0.4) is 0 Å². The number of carbonyl (C=O) groups excluding carboxylic acids is 4. The number of aromatic nitrogens is 3. The number of nitrogens with two attached hydrogens (primary N) is 2. The highest BCUT2D eigenvalue weighted by Gasteiger charge is 2.49. The number of aliphatic hydroxyl groups is 1. The molecule has 1 aliphatic carbocycles. The van der Waals surface area contributed by atoms with Gasteiger partial charge in [-0.3, -0.25) is 19.2 Å². The molecule has 0 bridgehead atoms. The van der Waals surface area contributed by atoms with E-state index in [1.807, 2.05) is 0 Å². The van der Waals surface area contributed by atoms with Crippen molar-refractivity contribution in [1.29, 1.82) is 0 Å². The molecule has 1 aromatic heterocycles. The van der Waals surface area contributed by atoms with Crippen molar-refractivity contribution in [2.24, 2.45) is 17.4 Å². The zero-order valence-electron chi connectivity index (χ0n) is 23.2. The van der Waals surface area contributed by atoms with Gasteiger partial charge in [-0.1, -0.05) is 37.3 Å². The van der Waals surface area contributed by atoms with Gasteiger partial charge in [0.1, 0.15) is 17.2 Å². The first-order valence-electron chi connectivity index (χ1n) is 13.9. The Kier molecular flexibility index (Phi) is 10.3. The second-order valence-electron chi connectivity index (χ2n) is 11.7. The van der Waals surface area contributed by atoms with Crippen molar-refractivity contribution in [2.75, 3.05) is 19.8 Å². The summed E-state index contributed by atoms with van der Waals surface area (Å²) in [5.74, 6) is -2.59. The molecule has 3 atom stereocenters. The van der Waals surface area contributed by atoms with E-state index in [1.54, 1.807) is 18.5 Å². The third kappa shape index (κ3) is 6.81. The number of ketones is 1. The van der Waals surface area contributed by atoms with E-state index in [0.717, 1.165) is 25.7 Å². The molecule has 3 fully saturated rings. The van der Waals surface area contributed by atoms with Crippen molar-refractivity contribution in [1.82, 2.24) is 25.2 Å². The molecule has 0 radical (unpaired) electrons. The van der Waals surface area contributed by atoms with E-state index in [0.29, 0.717) is 18.0 Å². The molecule has 40 heavy (non-hydrogen) atoms. The van der Waals surface area contributed by atoms with E-state index in [2.05, 4.69) is 15.6 Å². The van der Waals surface area contributed by atoms with Gasteiger partial charge in [0, 0.05) is 39.0 Å². The minimum atomic E-state index is -1.50. The summed E-state index contributed by atoms with van der Waals surface area (Å²) >= 11 is 0. The molecule has 2 aliphatic heterocycles. The van der Waals surface area contributed by atoms with Crippen molar-refractivity contribution < 1.29 is 29.0 Å². The van der Waals surface area contributed by atoms with Gasteiger partial charge in [0.15, 0.2) is 0 Å². The number of halogens is 1. The van der Waals surface area contributed by atoms with Crippen LogP contribution in [-0.2, 0) is 29.5 Å². The fourth-order valence-corrected chi connectivity index (χ4v) is 6.21. The predicted octanol–water partition coefficient (Wildman–Crippen LogP) is 0.0868. The van der Waals surface area contributed by atoms with Gasteiger partial charge < -0.3 is 31.5 Å². The Hall–Kier alpha value is -2.61. The van der Waals surface area contributed by atoms with Crippen molar-refractivity contribution in [2.45, 2.75) is 101 Å². The first kappa shape index (κ1) is 31.9. The number of rotatable bonds is 9. The Labute approximate surface area is 240 Å². The summed E-state index contributed by atoms with van der Waals surface area (Å²) in [6.45, 7) is 3.69. The highest BCUT2D eigenvalue weighted by molar-refractivity contribution is 6.39. The van der Waals surface area contributed by atoms with Gasteiger partial charge in [-0.05, 0) is 26.2 Å². The lowest BCUT2D eigenvalue weighted by atomic mass is 9.84. The van der Waals surface area contributed by atoms with Gasteiger partial charge in [0.05, 0.1) is 24.0 Å². The third-order valence-corrected chi connectivity index (χ3v) is 8.41. The lowest BCUT2D eigenvalue weighted by molar-refractivity contribution is -0.147. The molecule has 2 saturated heterocycles. The predicted molar refractivity (Wildman–Crippen MR) is 146 cm³/mol. The summed E-state index contributed by atoms with van der Waals surface area (Å²) in [5.41, 5.74) is 9.44. The molecule has 0 spiro atoms. The second-order valence-corrected chi connectivity index (χ2v) is 11.7. The average Bonchev–Trinajstić information content (AvgIpc) is 3.56. The Morgan fingerprint density at radius 1 is 1.20 bits per heavy atom. The van der Waals surface area contributed by atoms with Gasteiger partial charge in [-0.25, -0.2) is 4.68 Å². The maximum Gasteiger partial charge on any atom is 0.287 e. The molecule has 4 rings (SSSR count).